The topological polar surface area (TPSA) is 75.3 Å². The summed E-state index contributed by atoms with van der Waals surface area (Å²) in [6.07, 6.45) is 0. The van der Waals surface area contributed by atoms with Crippen molar-refractivity contribution < 1.29 is 9.53 Å². The number of nitrogens with one attached hydrogen (secondary N) is 1. The normalized spacial score (nSPS) is 11.0. The summed E-state index contributed by atoms with van der Waals surface area (Å²) in [7, 11) is 1.62. The maximum Gasteiger partial charge on any atom is 0.258 e. The molecule has 0 unspecified atom stereocenters. The highest BCUT2D eigenvalue weighted by Gasteiger charge is 2.19. The van der Waals surface area contributed by atoms with Gasteiger partial charge in [-0.1, -0.05) is 12.1 Å². The van der Waals surface area contributed by atoms with E-state index in [-0.39, 0.29) is 24.1 Å². The third-order valence-electron chi connectivity index (χ3n) is 4.35. The summed E-state index contributed by atoms with van der Waals surface area (Å²) < 4.78 is 5.15. The lowest BCUT2D eigenvalue weighted by Crippen LogP contribution is -2.38. The van der Waals surface area contributed by atoms with Crippen LogP contribution in [0.25, 0.3) is 10.9 Å². The van der Waals surface area contributed by atoms with Crippen molar-refractivity contribution in [2.45, 2.75) is 31.3 Å². The summed E-state index contributed by atoms with van der Waals surface area (Å²) in [5.74, 6) is 1.57. The van der Waals surface area contributed by atoms with Crippen molar-refractivity contribution in [2.24, 2.45) is 0 Å². The Hall–Kier alpha value is -2.80. The minimum atomic E-state index is -0.190. The van der Waals surface area contributed by atoms with E-state index in [2.05, 4.69) is 9.97 Å². The Morgan fingerprint density at radius 3 is 2.57 bits per heavy atom. The molecule has 28 heavy (non-hydrogen) atoms. The number of ether oxygens (including phenoxy) is 1. The lowest BCUT2D eigenvalue weighted by Gasteiger charge is -2.26. The molecular formula is C21H23N3O3S. The fraction of sp³-hybridized carbons (Fsp3) is 0.286. The van der Waals surface area contributed by atoms with Crippen LogP contribution in [0.3, 0.4) is 0 Å². The Morgan fingerprint density at radius 1 is 1.18 bits per heavy atom. The van der Waals surface area contributed by atoms with Crippen molar-refractivity contribution in [3.05, 3.63) is 64.7 Å². The number of carbonyl (C=O) groups excluding carboxylic acids is 1. The summed E-state index contributed by atoms with van der Waals surface area (Å²) in [6.45, 7) is 4.17. The van der Waals surface area contributed by atoms with Crippen LogP contribution in [0.5, 0.6) is 5.75 Å². The van der Waals surface area contributed by atoms with E-state index in [1.807, 2.05) is 44.2 Å². The van der Waals surface area contributed by atoms with Gasteiger partial charge in [-0.2, -0.15) is 0 Å². The molecule has 1 amide bonds. The van der Waals surface area contributed by atoms with Crippen LogP contribution in [0, 0.1) is 0 Å². The fourth-order valence-corrected chi connectivity index (χ4v) is 3.61. The predicted octanol–water partition coefficient (Wildman–Crippen LogP) is 3.46. The summed E-state index contributed by atoms with van der Waals surface area (Å²) in [5, 5.41) is 0.545. The molecule has 1 heterocycles. The highest BCUT2D eigenvalue weighted by atomic mass is 32.2. The first-order valence-corrected chi connectivity index (χ1v) is 10.0. The lowest BCUT2D eigenvalue weighted by atomic mass is 10.2. The van der Waals surface area contributed by atoms with Gasteiger partial charge in [0.2, 0.25) is 5.91 Å². The molecule has 0 fully saturated rings. The number of carbonyl (C=O) groups is 1. The molecule has 2 aromatic carbocycles. The van der Waals surface area contributed by atoms with Crippen LogP contribution in [0.2, 0.25) is 0 Å². The third kappa shape index (κ3) is 4.72. The number of benzene rings is 2. The van der Waals surface area contributed by atoms with Crippen molar-refractivity contribution in [3.63, 3.8) is 0 Å². The van der Waals surface area contributed by atoms with E-state index in [0.29, 0.717) is 22.5 Å². The molecule has 6 nitrogen and oxygen atoms in total. The van der Waals surface area contributed by atoms with Crippen molar-refractivity contribution in [1.82, 2.24) is 14.9 Å². The van der Waals surface area contributed by atoms with E-state index < -0.39 is 0 Å². The summed E-state index contributed by atoms with van der Waals surface area (Å²) in [6, 6.07) is 14.8. The Kier molecular flexibility index (Phi) is 6.36. The Bertz CT molecular complexity index is 1020. The fourth-order valence-electron chi connectivity index (χ4n) is 2.83. The quantitative estimate of drug-likeness (QED) is 0.618. The van der Waals surface area contributed by atoms with Gasteiger partial charge in [0.05, 0.1) is 30.3 Å². The number of aromatic amines is 1. The van der Waals surface area contributed by atoms with Gasteiger partial charge in [-0.05, 0) is 50.2 Å². The standard InChI is InChI=1S/C21H23N3O3S/c1-14(2)24(20(25)13-28-16-10-8-15(27-3)9-11-16)12-19-22-18-7-5-4-6-17(18)21(26)23-19/h4-11,14H,12-13H2,1-3H3,(H,22,23,26). The number of H-pyrrole nitrogens is 1. The average molecular weight is 398 g/mol. The van der Waals surface area contributed by atoms with E-state index in [0.717, 1.165) is 10.6 Å². The van der Waals surface area contributed by atoms with Crippen molar-refractivity contribution in [2.75, 3.05) is 12.9 Å². The van der Waals surface area contributed by atoms with Crippen LogP contribution >= 0.6 is 11.8 Å². The zero-order valence-corrected chi connectivity index (χ0v) is 17.0. The molecule has 0 saturated carbocycles. The molecule has 146 valence electrons. The number of fused-ring (bicyclic) bond motifs is 1. The van der Waals surface area contributed by atoms with Gasteiger partial charge in [-0.25, -0.2) is 4.98 Å². The number of para-hydroxylation sites is 1. The molecule has 0 aliphatic heterocycles. The number of rotatable bonds is 7. The molecule has 0 aliphatic carbocycles. The van der Waals surface area contributed by atoms with Crippen LogP contribution in [0.4, 0.5) is 0 Å². The smallest absolute Gasteiger partial charge is 0.258 e. The van der Waals surface area contributed by atoms with Gasteiger partial charge in [0.1, 0.15) is 11.6 Å². The molecule has 0 aliphatic rings. The molecule has 1 N–H and O–H groups in total. The first kappa shape index (κ1) is 19.9. The highest BCUT2D eigenvalue weighted by Crippen LogP contribution is 2.22. The van der Waals surface area contributed by atoms with Gasteiger partial charge in [0, 0.05) is 10.9 Å². The summed E-state index contributed by atoms with van der Waals surface area (Å²) in [5.41, 5.74) is 0.439. The van der Waals surface area contributed by atoms with Gasteiger partial charge in [0.25, 0.3) is 5.56 Å². The Labute approximate surface area is 167 Å². The minimum Gasteiger partial charge on any atom is -0.497 e. The van der Waals surface area contributed by atoms with Crippen LogP contribution < -0.4 is 10.3 Å². The number of thioether (sulfide) groups is 1. The second-order valence-electron chi connectivity index (χ2n) is 6.61. The molecule has 3 rings (SSSR count). The number of hydrogen-bond acceptors (Lipinski definition) is 5. The first-order chi connectivity index (χ1) is 13.5. The average Bonchev–Trinajstić information content (AvgIpc) is 2.70. The number of methoxy groups -OCH3 is 1. The van der Waals surface area contributed by atoms with Crippen LogP contribution in [-0.2, 0) is 11.3 Å². The second kappa shape index (κ2) is 8.93. The minimum absolute atomic E-state index is 0.00775. The maximum absolute atomic E-state index is 12.8. The third-order valence-corrected chi connectivity index (χ3v) is 5.34. The molecule has 0 spiro atoms. The molecule has 0 saturated heterocycles. The Balaban J connectivity index is 1.72. The van der Waals surface area contributed by atoms with E-state index in [9.17, 15) is 9.59 Å². The molecule has 1 aromatic heterocycles. The van der Waals surface area contributed by atoms with E-state index in [4.69, 9.17) is 4.74 Å². The number of nitrogens with zero attached hydrogens (tertiary/aromatic N) is 2. The largest absolute Gasteiger partial charge is 0.497 e. The van der Waals surface area contributed by atoms with Gasteiger partial charge >= 0.3 is 0 Å². The Morgan fingerprint density at radius 2 is 1.89 bits per heavy atom. The van der Waals surface area contributed by atoms with E-state index >= 15 is 0 Å². The van der Waals surface area contributed by atoms with Crippen molar-refractivity contribution in [1.29, 1.82) is 0 Å². The summed E-state index contributed by atoms with van der Waals surface area (Å²) in [4.78, 5) is 35.1. The molecule has 0 atom stereocenters. The van der Waals surface area contributed by atoms with Crippen LogP contribution in [-0.4, -0.2) is 39.7 Å². The van der Waals surface area contributed by atoms with Crippen molar-refractivity contribution >= 4 is 28.6 Å². The number of aromatic nitrogens is 2. The number of amides is 1. The first-order valence-electron chi connectivity index (χ1n) is 9.02. The highest BCUT2D eigenvalue weighted by molar-refractivity contribution is 8.00. The molecular weight excluding hydrogens is 374 g/mol. The maximum atomic E-state index is 12.8. The molecule has 3 aromatic rings. The second-order valence-corrected chi connectivity index (χ2v) is 7.66. The molecule has 0 radical (unpaired) electrons. The van der Waals surface area contributed by atoms with Crippen molar-refractivity contribution in [3.8, 4) is 5.75 Å². The lowest BCUT2D eigenvalue weighted by molar-refractivity contribution is -0.130. The number of hydrogen-bond donors (Lipinski definition) is 1. The van der Waals surface area contributed by atoms with Crippen LogP contribution in [0.15, 0.2) is 58.2 Å². The van der Waals surface area contributed by atoms with E-state index in [1.54, 1.807) is 30.2 Å². The summed E-state index contributed by atoms with van der Waals surface area (Å²) >= 11 is 1.47. The zero-order chi connectivity index (χ0) is 20.1. The SMILES string of the molecule is COc1ccc(SCC(=O)N(Cc2nc3ccccc3c(=O)[nH]2)C(C)C)cc1. The molecule has 0 bridgehead atoms. The van der Waals surface area contributed by atoms with Gasteiger partial charge < -0.3 is 14.6 Å². The van der Waals surface area contributed by atoms with Gasteiger partial charge in [0.15, 0.2) is 0 Å². The van der Waals surface area contributed by atoms with Crippen LogP contribution in [0.1, 0.15) is 19.7 Å². The van der Waals surface area contributed by atoms with Gasteiger partial charge in [-0.3, -0.25) is 9.59 Å². The zero-order valence-electron chi connectivity index (χ0n) is 16.1. The van der Waals surface area contributed by atoms with Gasteiger partial charge in [-0.15, -0.1) is 11.8 Å². The predicted molar refractivity (Wildman–Crippen MR) is 112 cm³/mol. The monoisotopic (exact) mass is 397 g/mol. The van der Waals surface area contributed by atoms with E-state index in [1.165, 1.54) is 11.8 Å². The molecule has 7 heteroatoms.